The minimum Gasteiger partial charge on any atom is -0.545 e. The first kappa shape index (κ1) is 16.1. The maximum atomic E-state index is 11.8. The Labute approximate surface area is 130 Å². The SMILES string of the molecule is O=C([O-])/C=C/c1ccc(OCC(=O)NC2CCCCC2)cc1. The lowest BCUT2D eigenvalue weighted by Gasteiger charge is -2.22. The van der Waals surface area contributed by atoms with Crippen molar-refractivity contribution in [3.8, 4) is 5.75 Å². The number of amides is 1. The number of carboxylic acids is 1. The second kappa shape index (κ2) is 8.22. The van der Waals surface area contributed by atoms with Crippen LogP contribution in [0.15, 0.2) is 30.3 Å². The molecule has 0 radical (unpaired) electrons. The number of carboxylic acid groups (broad SMARTS) is 1. The van der Waals surface area contributed by atoms with Crippen LogP contribution >= 0.6 is 0 Å². The minimum atomic E-state index is -1.24. The average molecular weight is 302 g/mol. The molecular weight excluding hydrogens is 282 g/mol. The quantitative estimate of drug-likeness (QED) is 0.803. The molecule has 1 amide bonds. The van der Waals surface area contributed by atoms with Crippen molar-refractivity contribution in [2.45, 2.75) is 38.1 Å². The number of carbonyl (C=O) groups excluding carboxylic acids is 2. The summed E-state index contributed by atoms with van der Waals surface area (Å²) >= 11 is 0. The van der Waals surface area contributed by atoms with E-state index < -0.39 is 5.97 Å². The van der Waals surface area contributed by atoms with E-state index in [1.54, 1.807) is 24.3 Å². The van der Waals surface area contributed by atoms with Crippen LogP contribution in [-0.2, 0) is 9.59 Å². The largest absolute Gasteiger partial charge is 0.545 e. The molecule has 118 valence electrons. The van der Waals surface area contributed by atoms with Gasteiger partial charge in [0.2, 0.25) is 0 Å². The Balaban J connectivity index is 1.76. The number of carbonyl (C=O) groups is 2. The highest BCUT2D eigenvalue weighted by Gasteiger charge is 2.15. The van der Waals surface area contributed by atoms with Crippen molar-refractivity contribution in [1.82, 2.24) is 5.32 Å². The van der Waals surface area contributed by atoms with Gasteiger partial charge in [-0.3, -0.25) is 4.79 Å². The lowest BCUT2D eigenvalue weighted by atomic mass is 9.95. The Kier molecular flexibility index (Phi) is 6.01. The van der Waals surface area contributed by atoms with E-state index in [1.807, 2.05) is 0 Å². The predicted octanol–water partition coefficient (Wildman–Crippen LogP) is 1.28. The van der Waals surface area contributed by atoms with E-state index in [1.165, 1.54) is 25.3 Å². The van der Waals surface area contributed by atoms with Crippen LogP contribution in [0.2, 0.25) is 0 Å². The van der Waals surface area contributed by atoms with Gasteiger partial charge in [-0.25, -0.2) is 0 Å². The molecule has 22 heavy (non-hydrogen) atoms. The highest BCUT2D eigenvalue weighted by Crippen LogP contribution is 2.17. The van der Waals surface area contributed by atoms with Gasteiger partial charge < -0.3 is 20.0 Å². The molecule has 0 aliphatic heterocycles. The summed E-state index contributed by atoms with van der Waals surface area (Å²) in [4.78, 5) is 22.1. The molecule has 1 aromatic rings. The molecule has 1 aromatic carbocycles. The fraction of sp³-hybridized carbons (Fsp3) is 0.412. The molecule has 5 heteroatoms. The van der Waals surface area contributed by atoms with Crippen LogP contribution in [0, 0.1) is 0 Å². The van der Waals surface area contributed by atoms with Crippen molar-refractivity contribution >= 4 is 18.0 Å². The van der Waals surface area contributed by atoms with Crippen molar-refractivity contribution in [1.29, 1.82) is 0 Å². The van der Waals surface area contributed by atoms with Crippen molar-refractivity contribution in [2.24, 2.45) is 0 Å². The van der Waals surface area contributed by atoms with Gasteiger partial charge in [-0.1, -0.05) is 37.5 Å². The lowest BCUT2D eigenvalue weighted by Crippen LogP contribution is -2.38. The van der Waals surface area contributed by atoms with Crippen LogP contribution in [0.5, 0.6) is 5.75 Å². The monoisotopic (exact) mass is 302 g/mol. The standard InChI is InChI=1S/C17H21NO4/c19-16(18-14-4-2-1-3-5-14)12-22-15-9-6-13(7-10-15)8-11-17(20)21/h6-11,14H,1-5,12H2,(H,18,19)(H,20,21)/p-1/b11-8+. The number of benzene rings is 1. The van der Waals surface area contributed by atoms with Gasteiger partial charge in [-0.2, -0.15) is 0 Å². The molecule has 1 fully saturated rings. The number of nitrogens with one attached hydrogen (secondary N) is 1. The van der Waals surface area contributed by atoms with Gasteiger partial charge in [0.1, 0.15) is 5.75 Å². The Bertz CT molecular complexity index is 530. The molecule has 0 bridgehead atoms. The summed E-state index contributed by atoms with van der Waals surface area (Å²) in [5.41, 5.74) is 0.725. The van der Waals surface area contributed by atoms with Crippen LogP contribution in [0.1, 0.15) is 37.7 Å². The van der Waals surface area contributed by atoms with Crippen molar-refractivity contribution in [3.63, 3.8) is 0 Å². The van der Waals surface area contributed by atoms with E-state index in [4.69, 9.17) is 4.74 Å². The normalized spacial score (nSPS) is 15.6. The van der Waals surface area contributed by atoms with E-state index >= 15 is 0 Å². The average Bonchev–Trinajstić information content (AvgIpc) is 2.53. The van der Waals surface area contributed by atoms with E-state index in [0.717, 1.165) is 24.5 Å². The van der Waals surface area contributed by atoms with Crippen LogP contribution in [0.3, 0.4) is 0 Å². The Morgan fingerprint density at radius 3 is 2.50 bits per heavy atom. The predicted molar refractivity (Wildman–Crippen MR) is 81.0 cm³/mol. The summed E-state index contributed by atoms with van der Waals surface area (Å²) in [5.74, 6) is -0.767. The molecule has 1 N–H and O–H groups in total. The summed E-state index contributed by atoms with van der Waals surface area (Å²) in [6.45, 7) is -0.00919. The van der Waals surface area contributed by atoms with Crippen LogP contribution in [0.4, 0.5) is 0 Å². The summed E-state index contributed by atoms with van der Waals surface area (Å²) in [5, 5.41) is 13.3. The summed E-state index contributed by atoms with van der Waals surface area (Å²) in [7, 11) is 0. The number of hydrogen-bond acceptors (Lipinski definition) is 4. The molecule has 0 aromatic heterocycles. The maximum absolute atomic E-state index is 11.8. The second-order valence-corrected chi connectivity index (χ2v) is 5.41. The summed E-state index contributed by atoms with van der Waals surface area (Å²) in [6, 6.07) is 7.11. The zero-order valence-corrected chi connectivity index (χ0v) is 12.4. The van der Waals surface area contributed by atoms with Gasteiger partial charge in [-0.05, 0) is 36.6 Å². The number of aliphatic carboxylic acids is 1. The number of rotatable bonds is 6. The topological polar surface area (TPSA) is 78.5 Å². The number of ether oxygens (including phenoxy) is 1. The Morgan fingerprint density at radius 2 is 1.86 bits per heavy atom. The Hall–Kier alpha value is -2.30. The van der Waals surface area contributed by atoms with E-state index in [2.05, 4.69) is 5.32 Å². The second-order valence-electron chi connectivity index (χ2n) is 5.41. The summed E-state index contributed by atoms with van der Waals surface area (Å²) in [6.07, 6.45) is 8.10. The highest BCUT2D eigenvalue weighted by atomic mass is 16.5. The number of hydrogen-bond donors (Lipinski definition) is 1. The molecule has 1 aliphatic carbocycles. The zero-order chi connectivity index (χ0) is 15.8. The first-order valence-corrected chi connectivity index (χ1v) is 7.55. The third-order valence-corrected chi connectivity index (χ3v) is 3.63. The molecule has 0 heterocycles. The first-order chi connectivity index (χ1) is 10.6. The fourth-order valence-electron chi connectivity index (χ4n) is 2.50. The van der Waals surface area contributed by atoms with Crippen LogP contribution in [0.25, 0.3) is 6.08 Å². The van der Waals surface area contributed by atoms with Crippen LogP contribution < -0.4 is 15.2 Å². The maximum Gasteiger partial charge on any atom is 0.258 e. The van der Waals surface area contributed by atoms with Crippen molar-refractivity contribution in [2.75, 3.05) is 6.61 Å². The van der Waals surface area contributed by atoms with Gasteiger partial charge in [0.15, 0.2) is 6.61 Å². The molecule has 0 saturated heterocycles. The third kappa shape index (κ3) is 5.60. The first-order valence-electron chi connectivity index (χ1n) is 7.55. The van der Waals surface area contributed by atoms with Crippen molar-refractivity contribution < 1.29 is 19.4 Å². The fourth-order valence-corrected chi connectivity index (χ4v) is 2.50. The lowest BCUT2D eigenvalue weighted by molar-refractivity contribution is -0.297. The molecule has 0 unspecified atom stereocenters. The van der Waals surface area contributed by atoms with Gasteiger partial charge in [-0.15, -0.1) is 0 Å². The highest BCUT2D eigenvalue weighted by molar-refractivity contribution is 5.83. The Morgan fingerprint density at radius 1 is 1.18 bits per heavy atom. The van der Waals surface area contributed by atoms with Gasteiger partial charge >= 0.3 is 0 Å². The molecule has 5 nitrogen and oxygen atoms in total. The van der Waals surface area contributed by atoms with Crippen molar-refractivity contribution in [3.05, 3.63) is 35.9 Å². The minimum absolute atomic E-state index is 0.00919. The molecule has 1 aliphatic rings. The van der Waals surface area contributed by atoms with E-state index in [0.29, 0.717) is 5.75 Å². The van der Waals surface area contributed by atoms with Gasteiger partial charge in [0.25, 0.3) is 5.91 Å². The van der Waals surface area contributed by atoms with E-state index in [9.17, 15) is 14.7 Å². The van der Waals surface area contributed by atoms with Gasteiger partial charge in [0, 0.05) is 6.04 Å². The smallest absolute Gasteiger partial charge is 0.258 e. The molecule has 2 rings (SSSR count). The van der Waals surface area contributed by atoms with Crippen LogP contribution in [-0.4, -0.2) is 24.5 Å². The summed E-state index contributed by atoms with van der Waals surface area (Å²) < 4.78 is 5.43. The molecular formula is C17H20NO4-. The van der Waals surface area contributed by atoms with E-state index in [-0.39, 0.29) is 18.6 Å². The molecule has 0 spiro atoms. The molecule has 1 saturated carbocycles. The third-order valence-electron chi connectivity index (χ3n) is 3.63. The zero-order valence-electron chi connectivity index (χ0n) is 12.4. The van der Waals surface area contributed by atoms with Gasteiger partial charge in [0.05, 0.1) is 5.97 Å². The molecule has 0 atom stereocenters.